The largest absolute Gasteiger partial charge is 0.375 e. The van der Waals surface area contributed by atoms with E-state index in [9.17, 15) is 10.1 Å². The van der Waals surface area contributed by atoms with Crippen LogP contribution >= 0.6 is 23.6 Å². The predicted molar refractivity (Wildman–Crippen MR) is 69.5 cm³/mol. The molecule has 0 bridgehead atoms. The first-order chi connectivity index (χ1) is 8.06. The van der Waals surface area contributed by atoms with E-state index in [1.807, 2.05) is 0 Å². The van der Waals surface area contributed by atoms with Crippen molar-refractivity contribution in [3.05, 3.63) is 45.1 Å². The van der Waals surface area contributed by atoms with Gasteiger partial charge in [0.05, 0.1) is 4.92 Å². The van der Waals surface area contributed by atoms with Crippen molar-refractivity contribution < 1.29 is 4.92 Å². The maximum atomic E-state index is 10.7. The number of non-ortho nitro benzene ring substituents is 1. The van der Waals surface area contributed by atoms with Crippen molar-refractivity contribution in [3.63, 3.8) is 0 Å². The molecule has 0 aliphatic rings. The fourth-order valence-corrected chi connectivity index (χ4v) is 2.47. The maximum Gasteiger partial charge on any atom is 0.270 e. The smallest absolute Gasteiger partial charge is 0.270 e. The van der Waals surface area contributed by atoms with E-state index >= 15 is 0 Å². The zero-order valence-electron chi connectivity index (χ0n) is 8.49. The number of hydrogen-bond donors (Lipinski definition) is 1. The van der Waals surface area contributed by atoms with E-state index in [0.29, 0.717) is 15.3 Å². The summed E-state index contributed by atoms with van der Waals surface area (Å²) in [4.78, 5) is 14.9. The summed E-state index contributed by atoms with van der Waals surface area (Å²) in [5.41, 5.74) is 6.35. The average Bonchev–Trinajstić information content (AvgIpc) is 2.28. The fourth-order valence-electron chi connectivity index (χ4n) is 1.33. The summed E-state index contributed by atoms with van der Waals surface area (Å²) in [6.07, 6.45) is 0. The van der Waals surface area contributed by atoms with Crippen LogP contribution in [0.3, 0.4) is 0 Å². The quantitative estimate of drug-likeness (QED) is 0.512. The molecular weight excluding hydrogens is 258 g/mol. The molecule has 2 N–H and O–H groups in total. The molecule has 0 atom stereocenters. The van der Waals surface area contributed by atoms with Gasteiger partial charge in [0, 0.05) is 17.0 Å². The predicted octanol–water partition coefficient (Wildman–Crippen LogP) is 3.03. The van der Waals surface area contributed by atoms with Crippen LogP contribution in [0.2, 0.25) is 0 Å². The minimum Gasteiger partial charge on any atom is -0.375 e. The summed E-state index contributed by atoms with van der Waals surface area (Å²) < 4.78 is 0.378. The molecule has 1 heterocycles. The van der Waals surface area contributed by atoms with Crippen LogP contribution in [-0.2, 0) is 0 Å². The van der Waals surface area contributed by atoms with Crippen molar-refractivity contribution in [2.75, 3.05) is 5.73 Å². The van der Waals surface area contributed by atoms with Gasteiger partial charge in [-0.25, -0.2) is 4.98 Å². The Bertz CT molecular complexity index is 639. The van der Waals surface area contributed by atoms with Gasteiger partial charge in [-0.05, 0) is 11.6 Å². The van der Waals surface area contributed by atoms with Crippen molar-refractivity contribution in [2.24, 2.45) is 0 Å². The lowest BCUT2D eigenvalue weighted by atomic mass is 10.2. The molecule has 86 valence electrons. The van der Waals surface area contributed by atoms with Crippen molar-refractivity contribution in [2.45, 2.75) is 0 Å². The van der Waals surface area contributed by atoms with E-state index in [0.717, 1.165) is 4.88 Å². The number of nitrogens with zero attached hydrogens (tertiary/aromatic N) is 2. The number of rotatable bonds is 2. The highest BCUT2D eigenvalue weighted by molar-refractivity contribution is 7.71. The second kappa shape index (κ2) is 4.56. The topological polar surface area (TPSA) is 82.0 Å². The van der Waals surface area contributed by atoms with Crippen molar-refractivity contribution in [1.82, 2.24) is 4.98 Å². The number of nitro groups is 1. The third kappa shape index (κ3) is 2.63. The number of nitrogen functional groups attached to an aromatic ring is 1. The lowest BCUT2D eigenvalue weighted by Gasteiger charge is -2.01. The maximum absolute atomic E-state index is 10.7. The van der Waals surface area contributed by atoms with E-state index in [-0.39, 0.29) is 5.69 Å². The lowest BCUT2D eigenvalue weighted by molar-refractivity contribution is -0.384. The van der Waals surface area contributed by atoms with Crippen LogP contribution < -0.4 is 5.73 Å². The highest BCUT2D eigenvalue weighted by Crippen LogP contribution is 2.28. The van der Waals surface area contributed by atoms with E-state index in [4.69, 9.17) is 18.0 Å². The molecule has 17 heavy (non-hydrogen) atoms. The SMILES string of the molecule is Nc1nc(=S)cc(-c2cccc([N+](=O)[O-])c2)s1. The Kier molecular flexibility index (Phi) is 3.12. The summed E-state index contributed by atoms with van der Waals surface area (Å²) in [5, 5.41) is 11.0. The Morgan fingerprint density at radius 2 is 2.18 bits per heavy atom. The van der Waals surface area contributed by atoms with Gasteiger partial charge in [0.25, 0.3) is 5.69 Å². The molecule has 1 aromatic heterocycles. The Balaban J connectivity index is 2.56. The molecule has 0 amide bonds. The molecule has 0 spiro atoms. The van der Waals surface area contributed by atoms with Gasteiger partial charge in [-0.1, -0.05) is 35.7 Å². The molecule has 2 aromatic rings. The Morgan fingerprint density at radius 3 is 2.82 bits per heavy atom. The van der Waals surface area contributed by atoms with E-state index in [1.54, 1.807) is 18.2 Å². The second-order valence-corrected chi connectivity index (χ2v) is 4.69. The second-order valence-electron chi connectivity index (χ2n) is 3.21. The zero-order chi connectivity index (χ0) is 12.4. The fraction of sp³-hybridized carbons (Fsp3) is 0. The van der Waals surface area contributed by atoms with Crippen LogP contribution in [0, 0.1) is 14.8 Å². The van der Waals surface area contributed by atoms with Gasteiger partial charge in [-0.15, -0.1) is 0 Å². The molecule has 0 radical (unpaired) electrons. The molecular formula is C10H7N3O2S2. The van der Waals surface area contributed by atoms with Crippen LogP contribution in [0.5, 0.6) is 0 Å². The summed E-state index contributed by atoms with van der Waals surface area (Å²) in [6, 6.07) is 8.00. The lowest BCUT2D eigenvalue weighted by Crippen LogP contribution is -1.89. The first-order valence-electron chi connectivity index (χ1n) is 4.59. The van der Waals surface area contributed by atoms with Crippen molar-refractivity contribution >= 4 is 34.4 Å². The Labute approximate surface area is 106 Å². The van der Waals surface area contributed by atoms with Gasteiger partial charge >= 0.3 is 0 Å². The van der Waals surface area contributed by atoms with Gasteiger partial charge in [-0.3, -0.25) is 10.1 Å². The molecule has 0 aliphatic heterocycles. The van der Waals surface area contributed by atoms with Gasteiger partial charge in [0.1, 0.15) is 4.64 Å². The van der Waals surface area contributed by atoms with Crippen LogP contribution in [0.4, 0.5) is 10.8 Å². The highest BCUT2D eigenvalue weighted by atomic mass is 32.1. The number of hydrogen-bond acceptors (Lipinski definition) is 6. The first kappa shape index (κ1) is 11.6. The molecule has 1 aromatic carbocycles. The third-order valence-corrected chi connectivity index (χ3v) is 3.11. The Morgan fingerprint density at radius 1 is 1.41 bits per heavy atom. The molecule has 0 saturated heterocycles. The van der Waals surface area contributed by atoms with E-state index in [2.05, 4.69) is 4.98 Å². The van der Waals surface area contributed by atoms with Gasteiger partial charge in [0.2, 0.25) is 0 Å². The van der Waals surface area contributed by atoms with Crippen LogP contribution in [0.15, 0.2) is 30.3 Å². The van der Waals surface area contributed by atoms with Crippen molar-refractivity contribution in [3.8, 4) is 10.4 Å². The molecule has 0 unspecified atom stereocenters. The first-order valence-corrected chi connectivity index (χ1v) is 5.81. The highest BCUT2D eigenvalue weighted by Gasteiger charge is 2.08. The van der Waals surface area contributed by atoms with E-state index in [1.165, 1.54) is 23.5 Å². The third-order valence-electron chi connectivity index (χ3n) is 2.03. The van der Waals surface area contributed by atoms with Crippen LogP contribution in [-0.4, -0.2) is 9.91 Å². The Hall–Kier alpha value is -1.86. The summed E-state index contributed by atoms with van der Waals surface area (Å²) in [7, 11) is 0. The average molecular weight is 265 g/mol. The molecule has 2 rings (SSSR count). The molecule has 0 fully saturated rings. The number of benzene rings is 1. The van der Waals surface area contributed by atoms with Gasteiger partial charge in [0.15, 0.2) is 5.13 Å². The minimum absolute atomic E-state index is 0.0380. The normalized spacial score (nSPS) is 10.1. The number of nitrogens with two attached hydrogens (primary N) is 1. The molecule has 7 heteroatoms. The summed E-state index contributed by atoms with van der Waals surface area (Å²) >= 11 is 6.20. The summed E-state index contributed by atoms with van der Waals surface area (Å²) in [6.45, 7) is 0. The minimum atomic E-state index is -0.437. The zero-order valence-corrected chi connectivity index (χ0v) is 10.1. The van der Waals surface area contributed by atoms with Crippen LogP contribution in [0.25, 0.3) is 10.4 Å². The summed E-state index contributed by atoms with van der Waals surface area (Å²) in [5.74, 6) is 0. The monoisotopic (exact) mass is 265 g/mol. The standard InChI is InChI=1S/C10H7N3O2S2/c11-10-12-9(16)5-8(17-10)6-2-1-3-7(4-6)13(14)15/h1-5H,(H2,11,12,16). The van der Waals surface area contributed by atoms with Gasteiger partial charge in [-0.2, -0.15) is 0 Å². The molecule has 0 saturated carbocycles. The van der Waals surface area contributed by atoms with E-state index < -0.39 is 4.92 Å². The number of anilines is 1. The molecule has 5 nitrogen and oxygen atoms in total. The van der Waals surface area contributed by atoms with Gasteiger partial charge < -0.3 is 5.73 Å². The van der Waals surface area contributed by atoms with Crippen molar-refractivity contribution in [1.29, 1.82) is 0 Å². The molecule has 0 aliphatic carbocycles. The van der Waals surface area contributed by atoms with Crippen LogP contribution in [0.1, 0.15) is 0 Å². The number of nitro benzene ring substituents is 1. The number of aromatic nitrogens is 1.